The summed E-state index contributed by atoms with van der Waals surface area (Å²) < 4.78 is 2.14. The first-order valence-electron chi connectivity index (χ1n) is 6.28. The third kappa shape index (κ3) is 3.03. The molecule has 0 bridgehead atoms. The van der Waals surface area contributed by atoms with E-state index in [4.69, 9.17) is 11.6 Å². The molecule has 1 saturated heterocycles. The van der Waals surface area contributed by atoms with Crippen molar-refractivity contribution in [3.05, 3.63) is 29.0 Å². The molecule has 0 radical (unpaired) electrons. The molecule has 0 atom stereocenters. The van der Waals surface area contributed by atoms with Crippen LogP contribution < -0.4 is 5.32 Å². The number of hydrogen-bond donors (Lipinski definition) is 1. The molecule has 0 spiro atoms. The Labute approximate surface area is 124 Å². The quantitative estimate of drug-likeness (QED) is 0.921. The van der Waals surface area contributed by atoms with Crippen molar-refractivity contribution in [2.45, 2.75) is 6.54 Å². The van der Waals surface area contributed by atoms with Gasteiger partial charge in [0.25, 0.3) is 0 Å². The van der Waals surface area contributed by atoms with Gasteiger partial charge in [-0.3, -0.25) is 4.90 Å². The molecule has 19 heavy (non-hydrogen) atoms. The van der Waals surface area contributed by atoms with E-state index in [1.807, 2.05) is 18.2 Å². The maximum atomic E-state index is 6.03. The molecule has 1 aliphatic heterocycles. The summed E-state index contributed by atoms with van der Waals surface area (Å²) >= 11 is 6.03. The number of fused-ring (bicyclic) bond motifs is 1. The van der Waals surface area contributed by atoms with Gasteiger partial charge < -0.3 is 9.88 Å². The highest BCUT2D eigenvalue weighted by molar-refractivity contribution is 6.31. The van der Waals surface area contributed by atoms with Crippen LogP contribution in [0.3, 0.4) is 0 Å². The van der Waals surface area contributed by atoms with Crippen LogP contribution in [0.1, 0.15) is 5.82 Å². The number of hydrogen-bond acceptors (Lipinski definition) is 3. The van der Waals surface area contributed by atoms with E-state index in [0.717, 1.165) is 54.6 Å². The number of rotatable bonds is 2. The van der Waals surface area contributed by atoms with Crippen LogP contribution in [0, 0.1) is 0 Å². The standard InChI is InChI=1S/C13H17ClN4.ClH/c1-17-12-8-10(14)2-3-11(12)16-13(17)9-18-6-4-15-5-7-18;/h2-3,8,15H,4-7,9H2,1H3;1H. The van der Waals surface area contributed by atoms with Crippen LogP contribution in [-0.2, 0) is 13.6 Å². The lowest BCUT2D eigenvalue weighted by Gasteiger charge is -2.26. The summed E-state index contributed by atoms with van der Waals surface area (Å²) in [5, 5.41) is 4.13. The summed E-state index contributed by atoms with van der Waals surface area (Å²) in [4.78, 5) is 7.12. The molecule has 1 aromatic heterocycles. The fourth-order valence-electron chi connectivity index (χ4n) is 2.42. The van der Waals surface area contributed by atoms with Crippen molar-refractivity contribution in [3.8, 4) is 0 Å². The summed E-state index contributed by atoms with van der Waals surface area (Å²) in [5.41, 5.74) is 2.12. The van der Waals surface area contributed by atoms with E-state index in [1.165, 1.54) is 0 Å². The average Bonchev–Trinajstić information content (AvgIpc) is 2.68. The second-order valence-electron chi connectivity index (χ2n) is 4.75. The molecule has 104 valence electrons. The molecule has 0 amide bonds. The summed E-state index contributed by atoms with van der Waals surface area (Å²) in [6.07, 6.45) is 0. The number of aromatic nitrogens is 2. The van der Waals surface area contributed by atoms with E-state index in [-0.39, 0.29) is 12.4 Å². The molecule has 3 rings (SSSR count). The number of benzene rings is 1. The summed E-state index contributed by atoms with van der Waals surface area (Å²) in [5.74, 6) is 1.11. The first-order valence-corrected chi connectivity index (χ1v) is 6.66. The molecule has 1 fully saturated rings. The predicted molar refractivity (Wildman–Crippen MR) is 81.1 cm³/mol. The second kappa shape index (κ2) is 6.09. The molecule has 1 N–H and O–H groups in total. The zero-order valence-corrected chi connectivity index (χ0v) is 12.5. The Morgan fingerprint density at radius 2 is 2.05 bits per heavy atom. The van der Waals surface area contributed by atoms with Gasteiger partial charge in [-0.05, 0) is 18.2 Å². The maximum Gasteiger partial charge on any atom is 0.123 e. The zero-order chi connectivity index (χ0) is 12.5. The van der Waals surface area contributed by atoms with E-state index in [0.29, 0.717) is 0 Å². The van der Waals surface area contributed by atoms with Crippen LogP contribution in [0.4, 0.5) is 0 Å². The predicted octanol–water partition coefficient (Wildman–Crippen LogP) is 2.05. The first-order chi connectivity index (χ1) is 8.74. The van der Waals surface area contributed by atoms with Crippen molar-refractivity contribution >= 4 is 35.0 Å². The Kier molecular flexibility index (Phi) is 4.68. The van der Waals surface area contributed by atoms with E-state index >= 15 is 0 Å². The van der Waals surface area contributed by atoms with Crippen LogP contribution in [0.25, 0.3) is 11.0 Å². The van der Waals surface area contributed by atoms with Crippen molar-refractivity contribution in [1.29, 1.82) is 0 Å². The first kappa shape index (κ1) is 14.6. The Morgan fingerprint density at radius 1 is 1.32 bits per heavy atom. The van der Waals surface area contributed by atoms with Gasteiger partial charge in [0.1, 0.15) is 5.82 Å². The van der Waals surface area contributed by atoms with E-state index in [2.05, 4.69) is 26.8 Å². The zero-order valence-electron chi connectivity index (χ0n) is 10.9. The lowest BCUT2D eigenvalue weighted by Crippen LogP contribution is -2.43. The van der Waals surface area contributed by atoms with Gasteiger partial charge in [0.2, 0.25) is 0 Å². The van der Waals surface area contributed by atoms with Gasteiger partial charge in [0.05, 0.1) is 17.6 Å². The SMILES string of the molecule is Cl.Cn1c(CN2CCNCC2)nc2ccc(Cl)cc21. The third-order valence-electron chi connectivity index (χ3n) is 3.51. The minimum Gasteiger partial charge on any atom is -0.330 e. The highest BCUT2D eigenvalue weighted by Gasteiger charge is 2.14. The molecule has 4 nitrogen and oxygen atoms in total. The summed E-state index contributed by atoms with van der Waals surface area (Å²) in [6.45, 7) is 5.21. The number of halogens is 2. The fraction of sp³-hybridized carbons (Fsp3) is 0.462. The Balaban J connectivity index is 0.00000133. The number of nitrogens with one attached hydrogen (secondary N) is 1. The van der Waals surface area contributed by atoms with Crippen LogP contribution in [-0.4, -0.2) is 40.6 Å². The fourth-order valence-corrected chi connectivity index (χ4v) is 2.59. The van der Waals surface area contributed by atoms with Gasteiger partial charge in [-0.2, -0.15) is 0 Å². The lowest BCUT2D eigenvalue weighted by atomic mass is 10.3. The normalized spacial score (nSPS) is 16.5. The van der Waals surface area contributed by atoms with Crippen LogP contribution >= 0.6 is 24.0 Å². The Morgan fingerprint density at radius 3 is 2.79 bits per heavy atom. The van der Waals surface area contributed by atoms with Gasteiger partial charge >= 0.3 is 0 Å². The molecule has 1 aromatic carbocycles. The minimum absolute atomic E-state index is 0. The largest absolute Gasteiger partial charge is 0.330 e. The number of imidazole rings is 1. The Bertz CT molecular complexity index is 561. The van der Waals surface area contributed by atoms with E-state index in [1.54, 1.807) is 0 Å². The van der Waals surface area contributed by atoms with Gasteiger partial charge in [0.15, 0.2) is 0 Å². The molecule has 0 unspecified atom stereocenters. The van der Waals surface area contributed by atoms with Gasteiger partial charge in [-0.1, -0.05) is 11.6 Å². The molecule has 6 heteroatoms. The lowest BCUT2D eigenvalue weighted by molar-refractivity contribution is 0.226. The maximum absolute atomic E-state index is 6.03. The molecular weight excluding hydrogens is 283 g/mol. The van der Waals surface area contributed by atoms with Gasteiger partial charge in [-0.15, -0.1) is 12.4 Å². The highest BCUT2D eigenvalue weighted by Crippen LogP contribution is 2.20. The van der Waals surface area contributed by atoms with E-state index in [9.17, 15) is 0 Å². The van der Waals surface area contributed by atoms with Crippen molar-refractivity contribution < 1.29 is 0 Å². The molecule has 0 aliphatic carbocycles. The summed E-state index contributed by atoms with van der Waals surface area (Å²) in [6, 6.07) is 5.86. The summed E-state index contributed by atoms with van der Waals surface area (Å²) in [7, 11) is 2.06. The molecule has 1 aliphatic rings. The van der Waals surface area contributed by atoms with Crippen molar-refractivity contribution in [3.63, 3.8) is 0 Å². The van der Waals surface area contributed by atoms with Crippen LogP contribution in [0.15, 0.2) is 18.2 Å². The average molecular weight is 301 g/mol. The molecule has 2 heterocycles. The van der Waals surface area contributed by atoms with Crippen LogP contribution in [0.5, 0.6) is 0 Å². The molecule has 2 aromatic rings. The van der Waals surface area contributed by atoms with Crippen molar-refractivity contribution in [2.24, 2.45) is 7.05 Å². The second-order valence-corrected chi connectivity index (χ2v) is 5.18. The van der Waals surface area contributed by atoms with Crippen molar-refractivity contribution in [2.75, 3.05) is 26.2 Å². The van der Waals surface area contributed by atoms with Gasteiger partial charge in [-0.25, -0.2) is 4.98 Å². The topological polar surface area (TPSA) is 33.1 Å². The highest BCUT2D eigenvalue weighted by atomic mass is 35.5. The van der Waals surface area contributed by atoms with Crippen LogP contribution in [0.2, 0.25) is 5.02 Å². The number of piperazine rings is 1. The third-order valence-corrected chi connectivity index (χ3v) is 3.75. The van der Waals surface area contributed by atoms with Crippen molar-refractivity contribution in [1.82, 2.24) is 19.8 Å². The molecule has 0 saturated carbocycles. The van der Waals surface area contributed by atoms with E-state index < -0.39 is 0 Å². The molecular formula is C13H18Cl2N4. The Hall–Kier alpha value is -0.810. The smallest absolute Gasteiger partial charge is 0.123 e. The minimum atomic E-state index is 0. The van der Waals surface area contributed by atoms with Gasteiger partial charge in [0, 0.05) is 38.2 Å². The number of aryl methyl sites for hydroxylation is 1. The number of nitrogens with zero attached hydrogens (tertiary/aromatic N) is 3. The monoisotopic (exact) mass is 300 g/mol.